The standard InChI is InChI=1S/C21H24N4O/c1-16(17-6-3-2-4-7-17)23-21(26)25-13-10-18-19(8-5-9-20(18)25)24-14-11-22-12-15-24/h2-10,13,16,22H,11-12,14-15H2,1H3,(H,23,26). The molecule has 5 heteroatoms. The number of amides is 1. The Morgan fingerprint density at radius 1 is 1.04 bits per heavy atom. The Morgan fingerprint density at radius 2 is 1.81 bits per heavy atom. The number of hydrogen-bond donors (Lipinski definition) is 2. The number of carbonyl (C=O) groups excluding carboxylic acids is 1. The highest BCUT2D eigenvalue weighted by molar-refractivity contribution is 5.98. The van der Waals surface area contributed by atoms with Gasteiger partial charge in [0.25, 0.3) is 0 Å². The van der Waals surface area contributed by atoms with E-state index in [9.17, 15) is 4.79 Å². The lowest BCUT2D eigenvalue weighted by atomic mass is 10.1. The van der Waals surface area contributed by atoms with E-state index in [1.165, 1.54) is 5.69 Å². The number of hydrogen-bond acceptors (Lipinski definition) is 3. The van der Waals surface area contributed by atoms with Gasteiger partial charge in [-0.25, -0.2) is 4.79 Å². The Bertz CT molecular complexity index is 897. The molecule has 1 saturated heterocycles. The fourth-order valence-electron chi connectivity index (χ4n) is 3.59. The monoisotopic (exact) mass is 348 g/mol. The zero-order chi connectivity index (χ0) is 17.9. The zero-order valence-corrected chi connectivity index (χ0v) is 15.0. The Balaban J connectivity index is 1.60. The summed E-state index contributed by atoms with van der Waals surface area (Å²) in [6.07, 6.45) is 1.86. The van der Waals surface area contributed by atoms with Gasteiger partial charge < -0.3 is 15.5 Å². The van der Waals surface area contributed by atoms with Gasteiger partial charge in [-0.3, -0.25) is 4.57 Å². The van der Waals surface area contributed by atoms with Crippen molar-refractivity contribution in [1.82, 2.24) is 15.2 Å². The third-order valence-corrected chi connectivity index (χ3v) is 5.03. The average Bonchev–Trinajstić information content (AvgIpc) is 3.13. The summed E-state index contributed by atoms with van der Waals surface area (Å²) in [5, 5.41) is 7.59. The minimum atomic E-state index is -0.103. The number of carbonyl (C=O) groups is 1. The van der Waals surface area contributed by atoms with E-state index in [-0.39, 0.29) is 12.1 Å². The van der Waals surface area contributed by atoms with Crippen LogP contribution in [-0.2, 0) is 0 Å². The third-order valence-electron chi connectivity index (χ3n) is 5.03. The number of aromatic nitrogens is 1. The summed E-state index contributed by atoms with van der Waals surface area (Å²) in [7, 11) is 0. The van der Waals surface area contributed by atoms with Gasteiger partial charge in [-0.05, 0) is 30.7 Å². The van der Waals surface area contributed by atoms with E-state index in [2.05, 4.69) is 21.6 Å². The number of rotatable bonds is 3. The van der Waals surface area contributed by atoms with E-state index in [1.807, 2.05) is 61.7 Å². The van der Waals surface area contributed by atoms with Gasteiger partial charge in [0, 0.05) is 43.4 Å². The number of nitrogens with zero attached hydrogens (tertiary/aromatic N) is 2. The van der Waals surface area contributed by atoms with Crippen LogP contribution >= 0.6 is 0 Å². The van der Waals surface area contributed by atoms with Gasteiger partial charge in [-0.1, -0.05) is 36.4 Å². The first kappa shape index (κ1) is 16.7. The van der Waals surface area contributed by atoms with Crippen molar-refractivity contribution < 1.29 is 4.79 Å². The first-order valence-corrected chi connectivity index (χ1v) is 9.15. The molecule has 1 fully saturated rings. The summed E-state index contributed by atoms with van der Waals surface area (Å²) in [5.74, 6) is 0. The third kappa shape index (κ3) is 3.18. The number of nitrogens with one attached hydrogen (secondary N) is 2. The van der Waals surface area contributed by atoms with Crippen molar-refractivity contribution in [2.24, 2.45) is 0 Å². The molecule has 5 nitrogen and oxygen atoms in total. The van der Waals surface area contributed by atoms with Gasteiger partial charge in [0.15, 0.2) is 0 Å². The second-order valence-electron chi connectivity index (χ2n) is 6.71. The van der Waals surface area contributed by atoms with Crippen molar-refractivity contribution in [1.29, 1.82) is 0 Å². The maximum absolute atomic E-state index is 12.8. The van der Waals surface area contributed by atoms with Crippen LogP contribution in [0.2, 0.25) is 0 Å². The zero-order valence-electron chi connectivity index (χ0n) is 15.0. The van der Waals surface area contributed by atoms with Crippen molar-refractivity contribution in [2.75, 3.05) is 31.1 Å². The summed E-state index contributed by atoms with van der Waals surface area (Å²) in [6, 6.07) is 18.1. The number of piperazine rings is 1. The molecule has 0 aliphatic carbocycles. The van der Waals surface area contributed by atoms with Crippen LogP contribution in [0.3, 0.4) is 0 Å². The van der Waals surface area contributed by atoms with Crippen molar-refractivity contribution in [3.63, 3.8) is 0 Å². The van der Waals surface area contributed by atoms with Crippen LogP contribution in [0.25, 0.3) is 10.9 Å². The largest absolute Gasteiger partial charge is 0.368 e. The number of anilines is 1. The molecule has 26 heavy (non-hydrogen) atoms. The molecular formula is C21H24N4O. The van der Waals surface area contributed by atoms with E-state index in [1.54, 1.807) is 4.57 Å². The summed E-state index contributed by atoms with van der Waals surface area (Å²) >= 11 is 0. The highest BCUT2D eigenvalue weighted by Gasteiger charge is 2.17. The lowest BCUT2D eigenvalue weighted by molar-refractivity contribution is 0.240. The minimum absolute atomic E-state index is 0.0440. The molecule has 4 rings (SSSR count). The van der Waals surface area contributed by atoms with Crippen LogP contribution in [0.4, 0.5) is 10.5 Å². The average molecular weight is 348 g/mol. The Hall–Kier alpha value is -2.79. The molecule has 1 aliphatic heterocycles. The minimum Gasteiger partial charge on any atom is -0.368 e. The van der Waals surface area contributed by atoms with Gasteiger partial charge in [-0.15, -0.1) is 0 Å². The molecule has 3 aromatic rings. The highest BCUT2D eigenvalue weighted by atomic mass is 16.2. The quantitative estimate of drug-likeness (QED) is 0.763. The van der Waals surface area contributed by atoms with Crippen LogP contribution in [0, 0.1) is 0 Å². The predicted molar refractivity (Wildman–Crippen MR) is 106 cm³/mol. The summed E-state index contributed by atoms with van der Waals surface area (Å²) in [4.78, 5) is 15.2. The second kappa shape index (κ2) is 7.22. The van der Waals surface area contributed by atoms with Crippen molar-refractivity contribution in [3.05, 3.63) is 66.4 Å². The lowest BCUT2D eigenvalue weighted by Gasteiger charge is -2.30. The molecule has 2 aromatic carbocycles. The fraction of sp³-hybridized carbons (Fsp3) is 0.286. The van der Waals surface area contributed by atoms with Crippen molar-refractivity contribution in [3.8, 4) is 0 Å². The van der Waals surface area contributed by atoms with E-state index in [0.717, 1.165) is 42.6 Å². The van der Waals surface area contributed by atoms with Crippen molar-refractivity contribution >= 4 is 22.6 Å². The van der Waals surface area contributed by atoms with Crippen LogP contribution in [0.15, 0.2) is 60.8 Å². The molecule has 134 valence electrons. The molecule has 1 amide bonds. The topological polar surface area (TPSA) is 49.3 Å². The van der Waals surface area contributed by atoms with Gasteiger partial charge in [0.05, 0.1) is 11.6 Å². The van der Waals surface area contributed by atoms with Crippen molar-refractivity contribution in [2.45, 2.75) is 13.0 Å². The predicted octanol–water partition coefficient (Wildman–Crippen LogP) is 3.37. The smallest absolute Gasteiger partial charge is 0.326 e. The summed E-state index contributed by atoms with van der Waals surface area (Å²) < 4.78 is 1.71. The molecule has 1 aliphatic rings. The summed E-state index contributed by atoms with van der Waals surface area (Å²) in [5.41, 5.74) is 3.24. The molecule has 2 heterocycles. The van der Waals surface area contributed by atoms with E-state index >= 15 is 0 Å². The van der Waals surface area contributed by atoms with E-state index in [4.69, 9.17) is 0 Å². The SMILES string of the molecule is CC(NC(=O)n1ccc2c(N3CCNCC3)cccc21)c1ccccc1. The van der Waals surface area contributed by atoms with Crippen LogP contribution < -0.4 is 15.5 Å². The first-order valence-electron chi connectivity index (χ1n) is 9.15. The van der Waals surface area contributed by atoms with E-state index in [0.29, 0.717) is 0 Å². The second-order valence-corrected chi connectivity index (χ2v) is 6.71. The lowest BCUT2D eigenvalue weighted by Crippen LogP contribution is -2.43. The molecule has 0 spiro atoms. The Kier molecular flexibility index (Phi) is 4.63. The fourth-order valence-corrected chi connectivity index (χ4v) is 3.59. The maximum atomic E-state index is 12.8. The highest BCUT2D eigenvalue weighted by Crippen LogP contribution is 2.28. The van der Waals surface area contributed by atoms with Gasteiger partial charge in [0.1, 0.15) is 0 Å². The van der Waals surface area contributed by atoms with Gasteiger partial charge >= 0.3 is 6.03 Å². The van der Waals surface area contributed by atoms with Crippen LogP contribution in [0.5, 0.6) is 0 Å². The number of benzene rings is 2. The van der Waals surface area contributed by atoms with Crippen LogP contribution in [-0.4, -0.2) is 36.8 Å². The molecule has 1 atom stereocenters. The first-order chi connectivity index (χ1) is 12.7. The molecule has 0 bridgehead atoms. The normalized spacial score (nSPS) is 15.8. The molecule has 1 unspecified atom stereocenters. The van der Waals surface area contributed by atoms with Gasteiger partial charge in [-0.2, -0.15) is 0 Å². The molecule has 1 aromatic heterocycles. The van der Waals surface area contributed by atoms with E-state index < -0.39 is 0 Å². The van der Waals surface area contributed by atoms with Crippen LogP contribution in [0.1, 0.15) is 18.5 Å². The Labute approximate surface area is 153 Å². The number of fused-ring (bicyclic) bond motifs is 1. The molecule has 2 N–H and O–H groups in total. The van der Waals surface area contributed by atoms with Gasteiger partial charge in [0.2, 0.25) is 0 Å². The Morgan fingerprint density at radius 3 is 2.58 bits per heavy atom. The molecule has 0 radical (unpaired) electrons. The maximum Gasteiger partial charge on any atom is 0.326 e. The molecular weight excluding hydrogens is 324 g/mol. The summed E-state index contributed by atoms with van der Waals surface area (Å²) in [6.45, 7) is 5.96. The molecule has 0 saturated carbocycles.